The van der Waals surface area contributed by atoms with Gasteiger partial charge in [-0.05, 0) is 31.2 Å². The van der Waals surface area contributed by atoms with Crippen LogP contribution in [-0.4, -0.2) is 15.6 Å². The predicted molar refractivity (Wildman–Crippen MR) is 80.7 cm³/mol. The molecule has 1 aromatic carbocycles. The molecule has 0 fully saturated rings. The van der Waals surface area contributed by atoms with Crippen LogP contribution < -0.4 is 10.7 Å². The number of benzene rings is 1. The summed E-state index contributed by atoms with van der Waals surface area (Å²) >= 11 is 0. The Balaban J connectivity index is 2.16. The Morgan fingerprint density at radius 2 is 1.83 bits per heavy atom. The van der Waals surface area contributed by atoms with Crippen LogP contribution in [0, 0.1) is 6.92 Å². The van der Waals surface area contributed by atoms with Gasteiger partial charge in [0.2, 0.25) is 5.43 Å². The number of carbonyl (C=O) groups is 1. The highest BCUT2D eigenvalue weighted by atomic mass is 19.4. The van der Waals surface area contributed by atoms with E-state index in [1.165, 1.54) is 6.07 Å². The summed E-state index contributed by atoms with van der Waals surface area (Å²) in [5, 5.41) is 12.3. The molecule has 0 unspecified atom stereocenters. The Kier molecular flexibility index (Phi) is 4.68. The van der Waals surface area contributed by atoms with Crippen LogP contribution in [0.15, 0.2) is 35.1 Å². The molecule has 0 saturated carbocycles. The Labute approximate surface area is 135 Å². The zero-order chi connectivity index (χ0) is 18.1. The molecule has 1 amide bonds. The molecular weight excluding hydrogens is 325 g/mol. The number of aromatic nitrogens is 1. The van der Waals surface area contributed by atoms with E-state index in [1.54, 1.807) is 18.5 Å². The van der Waals surface area contributed by atoms with E-state index in [2.05, 4.69) is 5.32 Å². The third kappa shape index (κ3) is 3.58. The number of hydrogen-bond donors (Lipinski definition) is 2. The first-order chi connectivity index (χ1) is 11.1. The van der Waals surface area contributed by atoms with E-state index in [0.29, 0.717) is 5.69 Å². The van der Waals surface area contributed by atoms with Gasteiger partial charge in [0.1, 0.15) is 0 Å². The fourth-order valence-electron chi connectivity index (χ4n) is 2.15. The average Bonchev–Trinajstić information content (AvgIpc) is 2.52. The highest BCUT2D eigenvalue weighted by Crippen LogP contribution is 2.29. The van der Waals surface area contributed by atoms with Crippen molar-refractivity contribution in [3.8, 4) is 5.75 Å². The van der Waals surface area contributed by atoms with Crippen LogP contribution in [0.25, 0.3) is 0 Å². The van der Waals surface area contributed by atoms with Crippen molar-refractivity contribution in [3.63, 3.8) is 0 Å². The standard InChI is InChI=1S/C16H15F3N2O3/c1-9-7-13(22)14(23)12(21(9)2)8-20-15(24)10-3-5-11(6-4-10)16(17,18)19/h3-7,23H,8H2,1-2H3,(H,20,24). The fourth-order valence-corrected chi connectivity index (χ4v) is 2.15. The minimum absolute atomic E-state index is 0.0418. The minimum atomic E-state index is -4.47. The maximum atomic E-state index is 12.5. The summed E-state index contributed by atoms with van der Waals surface area (Å²) in [6, 6.07) is 5.01. The second-order valence-electron chi connectivity index (χ2n) is 5.26. The third-order valence-corrected chi connectivity index (χ3v) is 3.67. The van der Waals surface area contributed by atoms with E-state index in [9.17, 15) is 27.9 Å². The van der Waals surface area contributed by atoms with Crippen molar-refractivity contribution in [1.29, 1.82) is 0 Å². The Hall–Kier alpha value is -2.77. The van der Waals surface area contributed by atoms with E-state index in [0.717, 1.165) is 24.3 Å². The normalized spacial score (nSPS) is 11.4. The van der Waals surface area contributed by atoms with Crippen molar-refractivity contribution in [2.45, 2.75) is 19.6 Å². The Morgan fingerprint density at radius 1 is 1.25 bits per heavy atom. The number of halogens is 3. The molecule has 0 saturated heterocycles. The van der Waals surface area contributed by atoms with Gasteiger partial charge in [0.25, 0.3) is 5.91 Å². The zero-order valence-corrected chi connectivity index (χ0v) is 12.9. The fraction of sp³-hybridized carbons (Fsp3) is 0.250. The highest BCUT2D eigenvalue weighted by Gasteiger charge is 2.30. The SMILES string of the molecule is Cc1cc(=O)c(O)c(CNC(=O)c2ccc(C(F)(F)F)cc2)n1C. The van der Waals surface area contributed by atoms with Crippen LogP contribution in [-0.2, 0) is 19.8 Å². The van der Waals surface area contributed by atoms with E-state index in [4.69, 9.17) is 0 Å². The van der Waals surface area contributed by atoms with Gasteiger partial charge in [-0.1, -0.05) is 0 Å². The van der Waals surface area contributed by atoms with Crippen LogP contribution in [0.3, 0.4) is 0 Å². The lowest BCUT2D eigenvalue weighted by atomic mass is 10.1. The first-order valence-corrected chi connectivity index (χ1v) is 6.95. The number of alkyl halides is 3. The van der Waals surface area contributed by atoms with Crippen molar-refractivity contribution in [3.05, 3.63) is 63.1 Å². The van der Waals surface area contributed by atoms with Gasteiger partial charge in [0, 0.05) is 24.4 Å². The topological polar surface area (TPSA) is 71.3 Å². The van der Waals surface area contributed by atoms with Gasteiger partial charge in [-0.3, -0.25) is 9.59 Å². The first kappa shape index (κ1) is 17.6. The lowest BCUT2D eigenvalue weighted by molar-refractivity contribution is -0.137. The molecule has 0 aliphatic carbocycles. The number of amides is 1. The molecule has 8 heteroatoms. The molecule has 5 nitrogen and oxygen atoms in total. The number of carbonyl (C=O) groups excluding carboxylic acids is 1. The lowest BCUT2D eigenvalue weighted by Gasteiger charge is -2.14. The summed E-state index contributed by atoms with van der Waals surface area (Å²) < 4.78 is 39.0. The quantitative estimate of drug-likeness (QED) is 0.901. The predicted octanol–water partition coefficient (Wildman–Crippen LogP) is 2.35. The number of aryl methyl sites for hydroxylation is 1. The molecule has 1 aromatic heterocycles. The molecule has 24 heavy (non-hydrogen) atoms. The van der Waals surface area contributed by atoms with Gasteiger partial charge in [0.05, 0.1) is 17.8 Å². The first-order valence-electron chi connectivity index (χ1n) is 6.95. The smallest absolute Gasteiger partial charge is 0.416 e. The van der Waals surface area contributed by atoms with Crippen LogP contribution in [0.1, 0.15) is 27.3 Å². The van der Waals surface area contributed by atoms with E-state index in [-0.39, 0.29) is 17.8 Å². The Bertz CT molecular complexity index is 824. The molecule has 2 rings (SSSR count). The molecule has 1 heterocycles. The molecule has 0 atom stereocenters. The van der Waals surface area contributed by atoms with Crippen molar-refractivity contribution >= 4 is 5.91 Å². The molecule has 0 aliphatic rings. The second-order valence-corrected chi connectivity index (χ2v) is 5.26. The monoisotopic (exact) mass is 340 g/mol. The molecule has 2 aromatic rings. The van der Waals surface area contributed by atoms with Gasteiger partial charge in [-0.25, -0.2) is 0 Å². The van der Waals surface area contributed by atoms with Crippen LogP contribution in [0.4, 0.5) is 13.2 Å². The summed E-state index contributed by atoms with van der Waals surface area (Å²) in [5.74, 6) is -1.09. The number of aromatic hydroxyl groups is 1. The molecule has 0 bridgehead atoms. The molecule has 0 spiro atoms. The van der Waals surface area contributed by atoms with Gasteiger partial charge in [-0.2, -0.15) is 13.2 Å². The second kappa shape index (κ2) is 6.38. The molecule has 2 N–H and O–H groups in total. The maximum Gasteiger partial charge on any atom is 0.416 e. The number of rotatable bonds is 3. The summed E-state index contributed by atoms with van der Waals surface area (Å²) in [7, 11) is 1.62. The van der Waals surface area contributed by atoms with Gasteiger partial charge in [0.15, 0.2) is 5.75 Å². The van der Waals surface area contributed by atoms with E-state index < -0.39 is 28.8 Å². The zero-order valence-electron chi connectivity index (χ0n) is 12.9. The summed E-state index contributed by atoms with van der Waals surface area (Å²) in [4.78, 5) is 23.6. The average molecular weight is 340 g/mol. The number of nitrogens with one attached hydrogen (secondary N) is 1. The highest BCUT2D eigenvalue weighted by molar-refractivity contribution is 5.94. The largest absolute Gasteiger partial charge is 0.503 e. The molecule has 128 valence electrons. The lowest BCUT2D eigenvalue weighted by Crippen LogP contribution is -2.26. The molecule has 0 aliphatic heterocycles. The van der Waals surface area contributed by atoms with Crippen LogP contribution >= 0.6 is 0 Å². The molecular formula is C16H15F3N2O3. The minimum Gasteiger partial charge on any atom is -0.503 e. The molecule has 0 radical (unpaired) electrons. The third-order valence-electron chi connectivity index (χ3n) is 3.67. The van der Waals surface area contributed by atoms with Crippen molar-refractivity contribution in [2.24, 2.45) is 7.05 Å². The summed E-state index contributed by atoms with van der Waals surface area (Å²) in [5.41, 5.74) is -0.570. The van der Waals surface area contributed by atoms with Crippen LogP contribution in [0.2, 0.25) is 0 Å². The van der Waals surface area contributed by atoms with Crippen molar-refractivity contribution in [1.82, 2.24) is 9.88 Å². The van der Waals surface area contributed by atoms with Crippen molar-refractivity contribution in [2.75, 3.05) is 0 Å². The summed E-state index contributed by atoms with van der Waals surface area (Å²) in [6.45, 7) is 1.53. The van der Waals surface area contributed by atoms with Crippen LogP contribution in [0.5, 0.6) is 5.75 Å². The van der Waals surface area contributed by atoms with Crippen molar-refractivity contribution < 1.29 is 23.1 Å². The van der Waals surface area contributed by atoms with E-state index in [1.807, 2.05) is 0 Å². The van der Waals surface area contributed by atoms with Gasteiger partial charge >= 0.3 is 6.18 Å². The number of hydrogen-bond acceptors (Lipinski definition) is 3. The van der Waals surface area contributed by atoms with Gasteiger partial charge in [-0.15, -0.1) is 0 Å². The Morgan fingerprint density at radius 3 is 2.38 bits per heavy atom. The van der Waals surface area contributed by atoms with E-state index >= 15 is 0 Å². The summed E-state index contributed by atoms with van der Waals surface area (Å²) in [6.07, 6.45) is -4.47. The number of pyridine rings is 1. The van der Waals surface area contributed by atoms with Gasteiger partial charge < -0.3 is 15.0 Å². The maximum absolute atomic E-state index is 12.5. The number of nitrogens with zero attached hydrogens (tertiary/aromatic N) is 1.